The third-order valence-corrected chi connectivity index (χ3v) is 16.3. The van der Waals surface area contributed by atoms with Crippen LogP contribution in [0.5, 0.6) is 0 Å². The molecular formula is C70H66. The van der Waals surface area contributed by atoms with Gasteiger partial charge in [-0.1, -0.05) is 210 Å². The van der Waals surface area contributed by atoms with Gasteiger partial charge in [-0.25, -0.2) is 0 Å². The summed E-state index contributed by atoms with van der Waals surface area (Å²) in [7, 11) is 0. The molecule has 0 aromatic heterocycles. The highest BCUT2D eigenvalue weighted by molar-refractivity contribution is 6.33. The Kier molecular flexibility index (Phi) is 9.45. The van der Waals surface area contributed by atoms with E-state index < -0.39 is 0 Å². The molecule has 0 radical (unpaired) electrons. The molecule has 0 bridgehead atoms. The zero-order valence-electron chi connectivity index (χ0n) is 43.9. The van der Waals surface area contributed by atoms with E-state index in [1.807, 2.05) is 0 Å². The monoisotopic (exact) mass is 907 g/mol. The Hall–Kier alpha value is -6.76. The van der Waals surface area contributed by atoms with Crippen molar-refractivity contribution in [3.63, 3.8) is 0 Å². The van der Waals surface area contributed by atoms with Gasteiger partial charge in [0.05, 0.1) is 0 Å². The van der Waals surface area contributed by atoms with Crippen molar-refractivity contribution < 1.29 is 0 Å². The van der Waals surface area contributed by atoms with E-state index in [0.29, 0.717) is 0 Å². The maximum Gasteiger partial charge on any atom is -0.000740 e. The fourth-order valence-electron chi connectivity index (χ4n) is 12.2. The van der Waals surface area contributed by atoms with Crippen molar-refractivity contribution in [2.75, 3.05) is 0 Å². The molecule has 0 amide bonds. The topological polar surface area (TPSA) is 0 Å². The van der Waals surface area contributed by atoms with Gasteiger partial charge in [0.1, 0.15) is 0 Å². The van der Waals surface area contributed by atoms with E-state index >= 15 is 0 Å². The fraction of sp³-hybridized carbons (Fsp3) is 0.257. The summed E-state index contributed by atoms with van der Waals surface area (Å²) < 4.78 is 0. The molecule has 2 aliphatic rings. The predicted octanol–water partition coefficient (Wildman–Crippen LogP) is 20.4. The molecule has 70 heavy (non-hydrogen) atoms. The number of benzene rings is 10. The lowest BCUT2D eigenvalue weighted by Gasteiger charge is -2.29. The van der Waals surface area contributed by atoms with E-state index in [1.54, 1.807) is 0 Å². The van der Waals surface area contributed by atoms with Crippen LogP contribution < -0.4 is 0 Å². The molecule has 0 heteroatoms. The van der Waals surface area contributed by atoms with Crippen LogP contribution in [-0.4, -0.2) is 0 Å². The maximum absolute atomic E-state index is 2.53. The van der Waals surface area contributed by atoms with Gasteiger partial charge >= 0.3 is 0 Å². The SMILES string of the molecule is Cc1c2c(c(C)c3cc(-c4ccccc4)ccc13)-c1ccc3c4c(ccc-2c14)-c1c-3c(-c2cc(C(C)(C)C)cc(C(C)(C)C)c2)c2cc3ccccc3cc2c1-c1cc(C(C)(C)C)cc(C(C)(C)C)c1. The third-order valence-electron chi connectivity index (χ3n) is 16.3. The molecule has 2 aliphatic carbocycles. The van der Waals surface area contributed by atoms with Crippen LogP contribution in [-0.2, 0) is 21.7 Å². The molecule has 0 spiro atoms. The van der Waals surface area contributed by atoms with Crippen LogP contribution in [0, 0.1) is 13.8 Å². The van der Waals surface area contributed by atoms with E-state index in [9.17, 15) is 0 Å². The zero-order chi connectivity index (χ0) is 49.1. The van der Waals surface area contributed by atoms with E-state index in [4.69, 9.17) is 0 Å². The number of aryl methyl sites for hydroxylation is 2. The summed E-state index contributed by atoms with van der Waals surface area (Å²) in [6.07, 6.45) is 0. The fourth-order valence-corrected chi connectivity index (χ4v) is 12.2. The van der Waals surface area contributed by atoms with Crippen LogP contribution >= 0.6 is 0 Å². The van der Waals surface area contributed by atoms with Crippen molar-refractivity contribution in [3.05, 3.63) is 179 Å². The molecular weight excluding hydrogens is 841 g/mol. The molecule has 0 unspecified atom stereocenters. The van der Waals surface area contributed by atoms with Crippen molar-refractivity contribution >= 4 is 43.1 Å². The van der Waals surface area contributed by atoms with Crippen molar-refractivity contribution in [1.29, 1.82) is 0 Å². The average molecular weight is 907 g/mol. The first-order chi connectivity index (χ1) is 33.1. The minimum atomic E-state index is -0.0448. The van der Waals surface area contributed by atoms with Crippen molar-refractivity contribution in [3.8, 4) is 77.9 Å². The van der Waals surface area contributed by atoms with Gasteiger partial charge in [-0.05, 0) is 208 Å². The highest BCUT2D eigenvalue weighted by Gasteiger charge is 2.37. The molecule has 10 aromatic rings. The zero-order valence-corrected chi connectivity index (χ0v) is 43.9. The van der Waals surface area contributed by atoms with Gasteiger partial charge in [0.15, 0.2) is 0 Å². The van der Waals surface area contributed by atoms with Crippen LogP contribution in [0.3, 0.4) is 0 Å². The van der Waals surface area contributed by atoms with Crippen molar-refractivity contribution in [2.45, 2.75) is 119 Å². The molecule has 0 nitrogen and oxygen atoms in total. The first-order valence-electron chi connectivity index (χ1n) is 25.7. The molecule has 0 saturated carbocycles. The second-order valence-corrected chi connectivity index (χ2v) is 25.0. The summed E-state index contributed by atoms with van der Waals surface area (Å²) in [4.78, 5) is 0. The van der Waals surface area contributed by atoms with Crippen LogP contribution in [0.1, 0.15) is 116 Å². The second-order valence-electron chi connectivity index (χ2n) is 25.0. The molecule has 0 N–H and O–H groups in total. The summed E-state index contributed by atoms with van der Waals surface area (Å²) in [6.45, 7) is 33.2. The Labute approximate surface area is 416 Å². The number of hydrogen-bond acceptors (Lipinski definition) is 0. The number of rotatable bonds is 3. The Balaban J connectivity index is 1.26. The Morgan fingerprint density at radius 1 is 0.257 bits per heavy atom. The normalized spacial score (nSPS) is 13.3. The van der Waals surface area contributed by atoms with Crippen LogP contribution in [0.15, 0.2) is 146 Å². The minimum absolute atomic E-state index is 0.0448. The smallest absolute Gasteiger partial charge is 0.000740 e. The van der Waals surface area contributed by atoms with Gasteiger partial charge in [0.25, 0.3) is 0 Å². The molecule has 346 valence electrons. The lowest BCUT2D eigenvalue weighted by molar-refractivity contribution is 0.568. The van der Waals surface area contributed by atoms with Crippen LogP contribution in [0.4, 0.5) is 0 Å². The maximum atomic E-state index is 2.53. The summed E-state index contributed by atoms with van der Waals surface area (Å²) >= 11 is 0. The lowest BCUT2D eigenvalue weighted by Crippen LogP contribution is -2.17. The van der Waals surface area contributed by atoms with Crippen molar-refractivity contribution in [1.82, 2.24) is 0 Å². The molecule has 12 rings (SSSR count). The van der Waals surface area contributed by atoms with Gasteiger partial charge in [0, 0.05) is 0 Å². The standard InChI is InChI=1S/C70H66/c1-39-51-25-24-44(41-20-16-15-17-21-41)34-56(51)40(2)60-53-27-29-55-64-54(28-26-52(59(39)60)63(53)64)65-61(45-30-47(67(3,4)5)37-48(31-45)68(6,7)8)57-35-42-22-18-19-23-43(42)36-58(57)62(66(55)65)46-32-49(69(9,10)11)38-50(33-46)70(12,13)14/h15-38H,1-14H3. The van der Waals surface area contributed by atoms with Gasteiger partial charge in [0.2, 0.25) is 0 Å². The van der Waals surface area contributed by atoms with E-state index in [-0.39, 0.29) is 21.7 Å². The molecule has 0 saturated heterocycles. The third kappa shape index (κ3) is 6.62. The van der Waals surface area contributed by atoms with E-state index in [2.05, 4.69) is 243 Å². The van der Waals surface area contributed by atoms with E-state index in [0.717, 1.165) is 0 Å². The van der Waals surface area contributed by atoms with Crippen LogP contribution in [0.2, 0.25) is 0 Å². The molecule has 0 atom stereocenters. The average Bonchev–Trinajstić information content (AvgIpc) is 3.83. The molecule has 0 fully saturated rings. The summed E-state index contributed by atoms with van der Waals surface area (Å²) in [5.74, 6) is 0. The highest BCUT2D eigenvalue weighted by atomic mass is 14.4. The van der Waals surface area contributed by atoms with E-state index in [1.165, 1.54) is 154 Å². The number of hydrogen-bond donors (Lipinski definition) is 0. The van der Waals surface area contributed by atoms with Gasteiger partial charge in [-0.2, -0.15) is 0 Å². The van der Waals surface area contributed by atoms with Gasteiger partial charge in [-0.15, -0.1) is 0 Å². The second kappa shape index (κ2) is 14.9. The van der Waals surface area contributed by atoms with Gasteiger partial charge in [-0.3, -0.25) is 0 Å². The highest BCUT2D eigenvalue weighted by Crippen LogP contribution is 2.63. The molecule has 0 aliphatic heterocycles. The largest absolute Gasteiger partial charge is 0.0622 e. The Bertz CT molecular complexity index is 3680. The Morgan fingerprint density at radius 2 is 0.629 bits per heavy atom. The molecule has 10 aromatic carbocycles. The summed E-state index contributed by atoms with van der Waals surface area (Å²) in [5.41, 5.74) is 26.7. The quantitative estimate of drug-likeness (QED) is 0.155. The first-order valence-corrected chi connectivity index (χ1v) is 25.7. The van der Waals surface area contributed by atoms with Crippen LogP contribution in [0.25, 0.3) is 121 Å². The minimum Gasteiger partial charge on any atom is -0.0622 e. The van der Waals surface area contributed by atoms with Crippen molar-refractivity contribution in [2.24, 2.45) is 0 Å². The first kappa shape index (κ1) is 44.4. The lowest BCUT2D eigenvalue weighted by atomic mass is 9.75. The summed E-state index contributed by atoms with van der Waals surface area (Å²) in [6, 6.07) is 57.1. The summed E-state index contributed by atoms with van der Waals surface area (Å²) in [5, 5.41) is 10.6. The molecule has 0 heterocycles. The number of fused-ring (bicyclic) bond motifs is 9. The Morgan fingerprint density at radius 3 is 1.03 bits per heavy atom. The van der Waals surface area contributed by atoms with Gasteiger partial charge < -0.3 is 0 Å². The predicted molar refractivity (Wildman–Crippen MR) is 306 cm³/mol.